The molecule has 1 amide bonds. The van der Waals surface area contributed by atoms with Crippen LogP contribution in [0, 0.1) is 5.92 Å². The zero-order chi connectivity index (χ0) is 13.5. The van der Waals surface area contributed by atoms with Crippen LogP contribution in [-0.2, 0) is 11.3 Å². The van der Waals surface area contributed by atoms with Crippen LogP contribution in [0.25, 0.3) is 0 Å². The molecule has 0 aromatic carbocycles. The Labute approximate surface area is 113 Å². The van der Waals surface area contributed by atoms with E-state index in [-0.39, 0.29) is 5.91 Å². The Kier molecular flexibility index (Phi) is 5.39. The highest BCUT2D eigenvalue weighted by molar-refractivity contribution is 5.94. The number of amides is 1. The maximum Gasteiger partial charge on any atom is 0.256 e. The van der Waals surface area contributed by atoms with Crippen molar-refractivity contribution in [2.24, 2.45) is 5.92 Å². The second-order valence-corrected chi connectivity index (χ2v) is 5.18. The first-order chi connectivity index (χ1) is 9.31. The summed E-state index contributed by atoms with van der Waals surface area (Å²) in [6.07, 6.45) is 9.04. The minimum Gasteiger partial charge on any atom is -0.378 e. The van der Waals surface area contributed by atoms with Crippen molar-refractivity contribution in [3.8, 4) is 0 Å². The maximum absolute atomic E-state index is 12.1. The van der Waals surface area contributed by atoms with Crippen molar-refractivity contribution >= 4 is 5.91 Å². The quantitative estimate of drug-likeness (QED) is 0.832. The van der Waals surface area contributed by atoms with E-state index in [0.29, 0.717) is 23.8 Å². The van der Waals surface area contributed by atoms with Gasteiger partial charge in [-0.15, -0.1) is 0 Å². The molecule has 1 aromatic heterocycles. The van der Waals surface area contributed by atoms with Crippen LogP contribution in [0.1, 0.15) is 54.6 Å². The van der Waals surface area contributed by atoms with Gasteiger partial charge in [0.25, 0.3) is 5.91 Å². The van der Waals surface area contributed by atoms with Gasteiger partial charge in [-0.3, -0.25) is 4.79 Å². The molecule has 19 heavy (non-hydrogen) atoms. The third-order valence-electron chi connectivity index (χ3n) is 3.70. The van der Waals surface area contributed by atoms with Crippen molar-refractivity contribution < 1.29 is 14.1 Å². The van der Waals surface area contributed by atoms with Crippen molar-refractivity contribution in [1.82, 2.24) is 10.5 Å². The molecule has 1 saturated carbocycles. The molecular weight excluding hydrogens is 244 g/mol. The number of hydrogen-bond donors (Lipinski definition) is 1. The van der Waals surface area contributed by atoms with Crippen LogP contribution < -0.4 is 5.32 Å². The molecule has 1 aliphatic rings. The average Bonchev–Trinajstić information content (AvgIpc) is 2.72. The van der Waals surface area contributed by atoms with Crippen LogP contribution in [0.5, 0.6) is 0 Å². The number of rotatable bonds is 5. The van der Waals surface area contributed by atoms with Gasteiger partial charge in [0.05, 0.1) is 6.61 Å². The van der Waals surface area contributed by atoms with Crippen LogP contribution in [0.2, 0.25) is 0 Å². The third-order valence-corrected chi connectivity index (χ3v) is 3.70. The van der Waals surface area contributed by atoms with Crippen molar-refractivity contribution in [1.29, 1.82) is 0 Å². The van der Waals surface area contributed by atoms with Gasteiger partial charge >= 0.3 is 0 Å². The summed E-state index contributed by atoms with van der Waals surface area (Å²) < 4.78 is 9.83. The fraction of sp³-hybridized carbons (Fsp3) is 0.714. The number of aromatic nitrogens is 1. The maximum atomic E-state index is 12.1. The van der Waals surface area contributed by atoms with Crippen molar-refractivity contribution in [3.63, 3.8) is 0 Å². The summed E-state index contributed by atoms with van der Waals surface area (Å²) in [5.74, 6) is 0.495. The molecule has 5 nitrogen and oxygen atoms in total. The largest absolute Gasteiger partial charge is 0.378 e. The monoisotopic (exact) mass is 266 g/mol. The minimum atomic E-state index is -0.113. The second kappa shape index (κ2) is 7.28. The highest BCUT2D eigenvalue weighted by atomic mass is 16.5. The molecule has 0 bridgehead atoms. The molecule has 0 spiro atoms. The fourth-order valence-corrected chi connectivity index (χ4v) is 2.59. The molecule has 1 aromatic rings. The van der Waals surface area contributed by atoms with Gasteiger partial charge in [0, 0.05) is 13.7 Å². The number of carbonyl (C=O) groups excluding carboxylic acids is 1. The van der Waals surface area contributed by atoms with Gasteiger partial charge in [-0.1, -0.05) is 30.8 Å². The molecule has 0 unspecified atom stereocenters. The summed E-state index contributed by atoms with van der Waals surface area (Å²) >= 11 is 0. The number of carbonyl (C=O) groups is 1. The summed E-state index contributed by atoms with van der Waals surface area (Å²) in [5.41, 5.74) is 1.04. The lowest BCUT2D eigenvalue weighted by atomic mass is 10.0. The standard InChI is InChI=1S/C14H22N2O3/c1-18-10-13-12(9-19-16-13)14(17)15-8-11-6-4-2-3-5-7-11/h9,11H,2-8,10H2,1H3,(H,15,17). The molecule has 0 radical (unpaired) electrons. The van der Waals surface area contributed by atoms with Crippen LogP contribution >= 0.6 is 0 Å². The van der Waals surface area contributed by atoms with E-state index in [2.05, 4.69) is 10.5 Å². The lowest BCUT2D eigenvalue weighted by molar-refractivity contribution is 0.0940. The molecule has 0 aliphatic heterocycles. The van der Waals surface area contributed by atoms with Gasteiger partial charge in [0.1, 0.15) is 17.5 Å². The van der Waals surface area contributed by atoms with E-state index in [0.717, 1.165) is 6.54 Å². The molecule has 2 rings (SSSR count). The Balaban J connectivity index is 1.84. The highest BCUT2D eigenvalue weighted by Crippen LogP contribution is 2.22. The van der Waals surface area contributed by atoms with Gasteiger partial charge in [-0.25, -0.2) is 0 Å². The Hall–Kier alpha value is -1.36. The zero-order valence-electron chi connectivity index (χ0n) is 11.5. The number of ether oxygens (including phenoxy) is 1. The van der Waals surface area contributed by atoms with Gasteiger partial charge in [0.15, 0.2) is 0 Å². The summed E-state index contributed by atoms with van der Waals surface area (Å²) in [7, 11) is 1.57. The highest BCUT2D eigenvalue weighted by Gasteiger charge is 2.18. The summed E-state index contributed by atoms with van der Waals surface area (Å²) in [5, 5.41) is 6.76. The van der Waals surface area contributed by atoms with Gasteiger partial charge < -0.3 is 14.6 Å². The normalized spacial score (nSPS) is 17.1. The van der Waals surface area contributed by atoms with E-state index in [9.17, 15) is 4.79 Å². The first kappa shape index (κ1) is 14.1. The first-order valence-electron chi connectivity index (χ1n) is 7.01. The number of hydrogen-bond acceptors (Lipinski definition) is 4. The molecule has 5 heteroatoms. The van der Waals surface area contributed by atoms with E-state index in [1.807, 2.05) is 0 Å². The SMILES string of the molecule is COCc1nocc1C(=O)NCC1CCCCCC1. The zero-order valence-corrected chi connectivity index (χ0v) is 11.5. The molecule has 0 atom stereocenters. The van der Waals surface area contributed by atoms with Crippen molar-refractivity contribution in [2.45, 2.75) is 45.1 Å². The Bertz CT molecular complexity index is 395. The average molecular weight is 266 g/mol. The number of nitrogens with one attached hydrogen (secondary N) is 1. The predicted octanol–water partition coefficient (Wildman–Crippen LogP) is 2.52. The van der Waals surface area contributed by atoms with E-state index in [1.54, 1.807) is 7.11 Å². The minimum absolute atomic E-state index is 0.113. The van der Waals surface area contributed by atoms with Gasteiger partial charge in [-0.2, -0.15) is 0 Å². The first-order valence-corrected chi connectivity index (χ1v) is 7.01. The third kappa shape index (κ3) is 4.06. The Morgan fingerprint density at radius 3 is 2.84 bits per heavy atom. The summed E-state index contributed by atoms with van der Waals surface area (Å²) in [6.45, 7) is 1.04. The predicted molar refractivity (Wildman–Crippen MR) is 70.7 cm³/mol. The Morgan fingerprint density at radius 1 is 1.42 bits per heavy atom. The van der Waals surface area contributed by atoms with E-state index < -0.39 is 0 Å². The number of nitrogens with zero attached hydrogens (tertiary/aromatic N) is 1. The molecule has 1 aliphatic carbocycles. The summed E-state index contributed by atoms with van der Waals surface area (Å²) in [4.78, 5) is 12.1. The van der Waals surface area contributed by atoms with Crippen LogP contribution in [0.15, 0.2) is 10.8 Å². The fourth-order valence-electron chi connectivity index (χ4n) is 2.59. The second-order valence-electron chi connectivity index (χ2n) is 5.18. The topological polar surface area (TPSA) is 64.4 Å². The van der Waals surface area contributed by atoms with Gasteiger partial charge in [-0.05, 0) is 18.8 Å². The van der Waals surface area contributed by atoms with Crippen LogP contribution in [0.4, 0.5) is 0 Å². The smallest absolute Gasteiger partial charge is 0.256 e. The molecule has 0 saturated heterocycles. The van der Waals surface area contributed by atoms with Gasteiger partial charge in [0.2, 0.25) is 0 Å². The van der Waals surface area contributed by atoms with E-state index in [4.69, 9.17) is 9.26 Å². The molecule has 1 N–H and O–H groups in total. The molecule has 1 fully saturated rings. The van der Waals surface area contributed by atoms with Crippen LogP contribution in [-0.4, -0.2) is 24.7 Å². The van der Waals surface area contributed by atoms with Crippen molar-refractivity contribution in [3.05, 3.63) is 17.5 Å². The summed E-state index contributed by atoms with van der Waals surface area (Å²) in [6, 6.07) is 0. The Morgan fingerprint density at radius 2 is 2.16 bits per heavy atom. The van der Waals surface area contributed by atoms with E-state index in [1.165, 1.54) is 44.8 Å². The molecule has 106 valence electrons. The lowest BCUT2D eigenvalue weighted by Gasteiger charge is -2.14. The molecule has 1 heterocycles. The van der Waals surface area contributed by atoms with Crippen molar-refractivity contribution in [2.75, 3.05) is 13.7 Å². The lowest BCUT2D eigenvalue weighted by Crippen LogP contribution is -2.29. The molecular formula is C14H22N2O3. The number of methoxy groups -OCH3 is 1. The van der Waals surface area contributed by atoms with E-state index >= 15 is 0 Å². The van der Waals surface area contributed by atoms with Crippen LogP contribution in [0.3, 0.4) is 0 Å².